The normalized spacial score (nSPS) is 12.7. The smallest absolute Gasteiger partial charge is 0.269 e. The molecule has 1 aliphatic heterocycles. The van der Waals surface area contributed by atoms with Gasteiger partial charge in [-0.05, 0) is 111 Å². The summed E-state index contributed by atoms with van der Waals surface area (Å²) in [5.41, 5.74) is 19.4. The zero-order valence-electron chi connectivity index (χ0n) is 40.3. The number of nitrogens with zero attached hydrogens (tertiary/aromatic N) is 5. The molecule has 0 amide bonds. The first-order chi connectivity index (χ1) is 33.5. The van der Waals surface area contributed by atoms with Gasteiger partial charge < -0.3 is 14.7 Å². The zero-order chi connectivity index (χ0) is 47.3. The van der Waals surface area contributed by atoms with Crippen LogP contribution >= 0.6 is 0 Å². The summed E-state index contributed by atoms with van der Waals surface area (Å²) in [7, 11) is 0. The third kappa shape index (κ3) is 8.25. The van der Waals surface area contributed by atoms with Crippen LogP contribution in [-0.2, 0) is 10.8 Å². The van der Waals surface area contributed by atoms with Crippen molar-refractivity contribution in [3.8, 4) is 33.6 Å². The molecule has 5 heteroatoms. The van der Waals surface area contributed by atoms with Crippen LogP contribution in [0.1, 0.15) is 52.7 Å². The van der Waals surface area contributed by atoms with Gasteiger partial charge in [-0.1, -0.05) is 193 Å². The molecule has 0 saturated carbocycles. The molecule has 0 spiro atoms. The van der Waals surface area contributed by atoms with Gasteiger partial charge in [0.25, 0.3) is 6.33 Å². The molecule has 69 heavy (non-hydrogen) atoms. The van der Waals surface area contributed by atoms with Crippen molar-refractivity contribution < 1.29 is 4.57 Å². The van der Waals surface area contributed by atoms with E-state index in [4.69, 9.17) is 0 Å². The van der Waals surface area contributed by atoms with Gasteiger partial charge in [0, 0.05) is 28.3 Å². The predicted octanol–water partition coefficient (Wildman–Crippen LogP) is 16.4. The molecule has 0 radical (unpaired) electrons. The number of para-hydroxylation sites is 5. The number of rotatable bonds is 9. The Labute approximate surface area is 407 Å². The fourth-order valence-electron chi connectivity index (χ4n) is 9.80. The van der Waals surface area contributed by atoms with E-state index in [1.165, 1.54) is 44.9 Å². The molecule has 2 heterocycles. The van der Waals surface area contributed by atoms with Crippen LogP contribution in [0.4, 0.5) is 39.8 Å². The van der Waals surface area contributed by atoms with Crippen molar-refractivity contribution in [1.82, 2.24) is 4.57 Å². The lowest BCUT2D eigenvalue weighted by Crippen LogP contribution is -2.31. The molecule has 0 saturated heterocycles. The average molecular weight is 896 g/mol. The topological polar surface area (TPSA) is 18.5 Å². The van der Waals surface area contributed by atoms with Crippen molar-refractivity contribution in [2.24, 2.45) is 0 Å². The number of benzene rings is 9. The minimum atomic E-state index is -0.0308. The first-order valence-corrected chi connectivity index (χ1v) is 24.0. The summed E-state index contributed by atoms with van der Waals surface area (Å²) in [6.45, 7) is 14.4. The monoisotopic (exact) mass is 895 g/mol. The van der Waals surface area contributed by atoms with Crippen LogP contribution < -0.4 is 19.3 Å². The Balaban J connectivity index is 1.01. The number of aromatic nitrogens is 2. The van der Waals surface area contributed by atoms with E-state index >= 15 is 0 Å². The Morgan fingerprint density at radius 2 is 0.928 bits per heavy atom. The first kappa shape index (κ1) is 43.4. The predicted molar refractivity (Wildman–Crippen MR) is 289 cm³/mol. The van der Waals surface area contributed by atoms with Gasteiger partial charge in [0.05, 0.1) is 39.5 Å². The molecule has 0 atom stereocenters. The van der Waals surface area contributed by atoms with E-state index in [0.29, 0.717) is 6.67 Å². The fraction of sp³-hybridized carbons (Fsp3) is 0.141. The Morgan fingerprint density at radius 1 is 0.420 bits per heavy atom. The molecular weight excluding hydrogens is 839 g/mol. The van der Waals surface area contributed by atoms with Gasteiger partial charge in [-0.3, -0.25) is 9.13 Å². The second kappa shape index (κ2) is 17.5. The third-order valence-corrected chi connectivity index (χ3v) is 13.5. The molecule has 0 aliphatic carbocycles. The fourth-order valence-corrected chi connectivity index (χ4v) is 9.80. The molecule has 0 fully saturated rings. The van der Waals surface area contributed by atoms with Gasteiger partial charge in [0.2, 0.25) is 0 Å². The van der Waals surface area contributed by atoms with Crippen LogP contribution in [0.2, 0.25) is 0 Å². The minimum Gasteiger partial charge on any atom is -0.321 e. The van der Waals surface area contributed by atoms with Crippen LogP contribution in [0.3, 0.4) is 0 Å². The van der Waals surface area contributed by atoms with E-state index < -0.39 is 0 Å². The Hall–Kier alpha value is -8.15. The summed E-state index contributed by atoms with van der Waals surface area (Å²) in [4.78, 5) is 7.31. The molecule has 1 aromatic heterocycles. The summed E-state index contributed by atoms with van der Waals surface area (Å²) in [5.74, 6) is 0. The Kier molecular flexibility index (Phi) is 11.0. The van der Waals surface area contributed by atoms with Crippen LogP contribution in [0.25, 0.3) is 44.7 Å². The van der Waals surface area contributed by atoms with Crippen molar-refractivity contribution in [2.45, 2.75) is 52.4 Å². The van der Waals surface area contributed by atoms with Gasteiger partial charge in [-0.2, -0.15) is 0 Å². The van der Waals surface area contributed by atoms with Gasteiger partial charge in [0.15, 0.2) is 0 Å². The van der Waals surface area contributed by atoms with Crippen LogP contribution in [0, 0.1) is 6.33 Å². The molecule has 9 aromatic carbocycles. The highest BCUT2D eigenvalue weighted by Gasteiger charge is 2.31. The van der Waals surface area contributed by atoms with E-state index in [0.717, 1.165) is 50.7 Å². The van der Waals surface area contributed by atoms with Crippen molar-refractivity contribution in [3.05, 3.63) is 242 Å². The van der Waals surface area contributed by atoms with Crippen molar-refractivity contribution in [1.29, 1.82) is 0 Å². The van der Waals surface area contributed by atoms with Gasteiger partial charge in [0.1, 0.15) is 6.67 Å². The lowest BCUT2D eigenvalue weighted by Gasteiger charge is -2.29. The highest BCUT2D eigenvalue weighted by Crippen LogP contribution is 2.49. The van der Waals surface area contributed by atoms with E-state index in [2.05, 4.69) is 296 Å². The van der Waals surface area contributed by atoms with Gasteiger partial charge in [-0.25, -0.2) is 0 Å². The lowest BCUT2D eigenvalue weighted by molar-refractivity contribution is -0.571. The van der Waals surface area contributed by atoms with E-state index in [9.17, 15) is 0 Å². The number of hydrogen-bond donors (Lipinski definition) is 0. The molecule has 5 nitrogen and oxygen atoms in total. The second-order valence-electron chi connectivity index (χ2n) is 20.2. The number of fused-ring (bicyclic) bond motifs is 2. The Bertz CT molecular complexity index is 3450. The van der Waals surface area contributed by atoms with E-state index in [-0.39, 0.29) is 10.8 Å². The van der Waals surface area contributed by atoms with Crippen LogP contribution in [0.5, 0.6) is 0 Å². The zero-order valence-corrected chi connectivity index (χ0v) is 40.3. The quantitative estimate of drug-likeness (QED) is 0.106. The average Bonchev–Trinajstić information content (AvgIpc) is 3.96. The maximum atomic E-state index is 3.86. The standard InChI is InChI=1S/C64H57N5/c1-63(2,3)48-36-38-55(46-22-10-7-11-23-46)61(40-48)67-44-65(57-32-16-18-34-59(57)67)51-28-20-30-53(42-51)69(50-26-14-9-15-27-50)54-31-21-29-52(43-54)66-45-68(60-35-19-17-33-58(60)66)62-41-49(64(4,5)6)37-39-56(62)47-24-12-8-13-25-47/h7-43H,44H2,1-6H3. The summed E-state index contributed by atoms with van der Waals surface area (Å²) < 4.78 is 4.46. The van der Waals surface area contributed by atoms with Crippen molar-refractivity contribution in [3.63, 3.8) is 0 Å². The highest BCUT2D eigenvalue weighted by atomic mass is 15.4. The molecule has 0 N–H and O–H groups in total. The van der Waals surface area contributed by atoms with E-state index in [1.807, 2.05) is 0 Å². The van der Waals surface area contributed by atoms with E-state index in [1.54, 1.807) is 0 Å². The second-order valence-corrected chi connectivity index (χ2v) is 20.2. The molecule has 11 rings (SSSR count). The lowest BCUT2D eigenvalue weighted by atomic mass is 9.85. The summed E-state index contributed by atoms with van der Waals surface area (Å²) in [5, 5.41) is 0. The van der Waals surface area contributed by atoms with Crippen molar-refractivity contribution in [2.75, 3.05) is 21.4 Å². The Morgan fingerprint density at radius 3 is 1.58 bits per heavy atom. The third-order valence-electron chi connectivity index (χ3n) is 13.5. The summed E-state index contributed by atoms with van der Waals surface area (Å²) >= 11 is 0. The summed E-state index contributed by atoms with van der Waals surface area (Å²) in [6, 6.07) is 81.4. The largest absolute Gasteiger partial charge is 0.321 e. The van der Waals surface area contributed by atoms with Gasteiger partial charge in [-0.15, -0.1) is 0 Å². The van der Waals surface area contributed by atoms with Crippen LogP contribution in [0.15, 0.2) is 224 Å². The highest BCUT2D eigenvalue weighted by molar-refractivity contribution is 5.93. The summed E-state index contributed by atoms with van der Waals surface area (Å²) in [6.07, 6.45) is 3.86. The molecule has 0 bridgehead atoms. The molecule has 10 aromatic rings. The maximum absolute atomic E-state index is 3.86. The van der Waals surface area contributed by atoms with Crippen LogP contribution in [-0.4, -0.2) is 11.2 Å². The molecule has 0 unspecified atom stereocenters. The molecule has 338 valence electrons. The number of anilines is 7. The SMILES string of the molecule is CC(C)(C)c1ccc(-c2ccccc2)c(N2CN(c3cccc(N(c4ccccc4)c4cccc(-n5[c-][n+](-c6cc(C(C)(C)C)ccc6-c6ccccc6)c6ccccc65)c4)c3)c3ccccc32)c1. The molecular formula is C64H57N5. The maximum Gasteiger partial charge on any atom is 0.269 e. The van der Waals surface area contributed by atoms with Gasteiger partial charge >= 0.3 is 0 Å². The molecule has 1 aliphatic rings. The van der Waals surface area contributed by atoms with Crippen molar-refractivity contribution >= 4 is 50.8 Å². The number of imidazole rings is 1. The first-order valence-electron chi connectivity index (χ1n) is 24.0. The minimum absolute atomic E-state index is 0.00696. The number of hydrogen-bond acceptors (Lipinski definition) is 3.